The maximum atomic E-state index is 4.23. The Morgan fingerprint density at radius 1 is 1.26 bits per heavy atom. The zero-order valence-electron chi connectivity index (χ0n) is 11.5. The molecule has 0 spiro atoms. The van der Waals surface area contributed by atoms with Gasteiger partial charge in [0.05, 0.1) is 5.69 Å². The Balaban J connectivity index is 1.54. The average Bonchev–Trinajstić information content (AvgIpc) is 2.91. The summed E-state index contributed by atoms with van der Waals surface area (Å²) in [6.07, 6.45) is 7.91. The molecule has 0 saturated heterocycles. The van der Waals surface area contributed by atoms with Crippen LogP contribution in [-0.2, 0) is 6.54 Å². The molecule has 3 heteroatoms. The van der Waals surface area contributed by atoms with Gasteiger partial charge in [-0.2, -0.15) is 5.10 Å². The Labute approximate surface area is 114 Å². The van der Waals surface area contributed by atoms with Gasteiger partial charge >= 0.3 is 0 Å². The molecule has 1 saturated carbocycles. The minimum atomic E-state index is 0.551. The monoisotopic (exact) mass is 255 g/mol. The SMILES string of the molecule is CC1(CNCc2ccc(-n3cccn3)cc2)CCC1. The van der Waals surface area contributed by atoms with Crippen molar-refractivity contribution in [2.24, 2.45) is 5.41 Å². The molecule has 1 aliphatic rings. The van der Waals surface area contributed by atoms with Gasteiger partial charge in [-0.15, -0.1) is 0 Å². The molecule has 0 amide bonds. The number of hydrogen-bond acceptors (Lipinski definition) is 2. The quantitative estimate of drug-likeness (QED) is 0.889. The first-order valence-electron chi connectivity index (χ1n) is 7.05. The van der Waals surface area contributed by atoms with Gasteiger partial charge in [-0.25, -0.2) is 4.68 Å². The molecule has 1 fully saturated rings. The number of hydrogen-bond donors (Lipinski definition) is 1. The average molecular weight is 255 g/mol. The van der Waals surface area contributed by atoms with Gasteiger partial charge < -0.3 is 5.32 Å². The lowest BCUT2D eigenvalue weighted by molar-refractivity contribution is 0.156. The maximum Gasteiger partial charge on any atom is 0.0645 e. The van der Waals surface area contributed by atoms with Crippen LogP contribution in [0, 0.1) is 5.41 Å². The van der Waals surface area contributed by atoms with Crippen LogP contribution in [0.3, 0.4) is 0 Å². The lowest BCUT2D eigenvalue weighted by Crippen LogP contribution is -2.36. The van der Waals surface area contributed by atoms with E-state index in [0.717, 1.165) is 18.8 Å². The van der Waals surface area contributed by atoms with Gasteiger partial charge in [0.15, 0.2) is 0 Å². The van der Waals surface area contributed by atoms with E-state index in [-0.39, 0.29) is 0 Å². The van der Waals surface area contributed by atoms with Crippen LogP contribution in [0.4, 0.5) is 0 Å². The molecule has 0 atom stereocenters. The van der Waals surface area contributed by atoms with Crippen molar-refractivity contribution in [3.05, 3.63) is 48.3 Å². The van der Waals surface area contributed by atoms with Gasteiger partial charge in [0.25, 0.3) is 0 Å². The molecule has 2 aromatic rings. The molecule has 1 aromatic carbocycles. The number of aromatic nitrogens is 2. The highest BCUT2D eigenvalue weighted by molar-refractivity contribution is 5.33. The fraction of sp³-hybridized carbons (Fsp3) is 0.438. The van der Waals surface area contributed by atoms with Crippen molar-refractivity contribution >= 4 is 0 Å². The molecule has 3 rings (SSSR count). The Bertz CT molecular complexity index is 509. The minimum Gasteiger partial charge on any atom is -0.312 e. The van der Waals surface area contributed by atoms with Crippen molar-refractivity contribution in [2.45, 2.75) is 32.7 Å². The van der Waals surface area contributed by atoms with Crippen molar-refractivity contribution in [2.75, 3.05) is 6.54 Å². The second-order valence-electron chi connectivity index (χ2n) is 5.88. The predicted octanol–water partition coefficient (Wildman–Crippen LogP) is 3.15. The number of nitrogens with zero attached hydrogens (tertiary/aromatic N) is 2. The van der Waals surface area contributed by atoms with E-state index in [0.29, 0.717) is 5.41 Å². The Morgan fingerprint density at radius 2 is 2.05 bits per heavy atom. The Hall–Kier alpha value is -1.61. The molecule has 19 heavy (non-hydrogen) atoms. The van der Waals surface area contributed by atoms with Crippen molar-refractivity contribution < 1.29 is 0 Å². The fourth-order valence-corrected chi connectivity index (χ4v) is 2.65. The first kappa shape index (κ1) is 12.4. The van der Waals surface area contributed by atoms with Gasteiger partial charge in [0, 0.05) is 25.5 Å². The summed E-state index contributed by atoms with van der Waals surface area (Å²) in [7, 11) is 0. The highest BCUT2D eigenvalue weighted by Crippen LogP contribution is 2.39. The first-order chi connectivity index (χ1) is 9.25. The summed E-state index contributed by atoms with van der Waals surface area (Å²) in [5.41, 5.74) is 2.99. The van der Waals surface area contributed by atoms with E-state index in [9.17, 15) is 0 Å². The smallest absolute Gasteiger partial charge is 0.0645 e. The highest BCUT2D eigenvalue weighted by atomic mass is 15.3. The van der Waals surface area contributed by atoms with Crippen LogP contribution in [0.1, 0.15) is 31.7 Å². The molecule has 1 N–H and O–H groups in total. The van der Waals surface area contributed by atoms with Gasteiger partial charge in [-0.1, -0.05) is 25.5 Å². The van der Waals surface area contributed by atoms with Crippen LogP contribution >= 0.6 is 0 Å². The van der Waals surface area contributed by atoms with Gasteiger partial charge in [0.1, 0.15) is 0 Å². The Kier molecular flexibility index (Phi) is 3.38. The molecular formula is C16H21N3. The van der Waals surface area contributed by atoms with Crippen LogP contribution in [0.2, 0.25) is 0 Å². The maximum absolute atomic E-state index is 4.23. The summed E-state index contributed by atoms with van der Waals surface area (Å²) in [5, 5.41) is 7.81. The van der Waals surface area contributed by atoms with Crippen molar-refractivity contribution in [3.8, 4) is 5.69 Å². The third-order valence-corrected chi connectivity index (χ3v) is 4.15. The topological polar surface area (TPSA) is 29.9 Å². The third-order valence-electron chi connectivity index (χ3n) is 4.15. The lowest BCUT2D eigenvalue weighted by atomic mass is 9.70. The largest absolute Gasteiger partial charge is 0.312 e. The van der Waals surface area contributed by atoms with Crippen LogP contribution in [0.15, 0.2) is 42.7 Å². The van der Waals surface area contributed by atoms with E-state index in [1.54, 1.807) is 6.20 Å². The van der Waals surface area contributed by atoms with Crippen LogP contribution in [0.5, 0.6) is 0 Å². The molecule has 1 heterocycles. The van der Waals surface area contributed by atoms with Crippen molar-refractivity contribution in [3.63, 3.8) is 0 Å². The second-order valence-corrected chi connectivity index (χ2v) is 5.88. The van der Waals surface area contributed by atoms with Gasteiger partial charge in [-0.05, 0) is 42.0 Å². The predicted molar refractivity (Wildman–Crippen MR) is 77.2 cm³/mol. The molecule has 1 aromatic heterocycles. The molecular weight excluding hydrogens is 234 g/mol. The second kappa shape index (κ2) is 5.17. The van der Waals surface area contributed by atoms with Crippen LogP contribution in [0.25, 0.3) is 5.69 Å². The molecule has 0 aliphatic heterocycles. The summed E-state index contributed by atoms with van der Waals surface area (Å²) in [6.45, 7) is 4.47. The van der Waals surface area contributed by atoms with E-state index in [2.05, 4.69) is 41.6 Å². The van der Waals surface area contributed by atoms with E-state index in [4.69, 9.17) is 0 Å². The zero-order valence-corrected chi connectivity index (χ0v) is 11.5. The molecule has 0 bridgehead atoms. The van der Waals surface area contributed by atoms with Crippen molar-refractivity contribution in [1.82, 2.24) is 15.1 Å². The summed E-state index contributed by atoms with van der Waals surface area (Å²) in [4.78, 5) is 0. The number of nitrogens with one attached hydrogen (secondary N) is 1. The first-order valence-corrected chi connectivity index (χ1v) is 7.05. The molecule has 0 unspecified atom stereocenters. The number of benzene rings is 1. The third kappa shape index (κ3) is 2.87. The van der Waals surface area contributed by atoms with E-state index in [1.165, 1.54) is 24.8 Å². The lowest BCUT2D eigenvalue weighted by Gasteiger charge is -2.38. The zero-order chi connectivity index (χ0) is 13.1. The molecule has 0 radical (unpaired) electrons. The summed E-state index contributed by atoms with van der Waals surface area (Å²) in [5.74, 6) is 0. The van der Waals surface area contributed by atoms with Crippen LogP contribution < -0.4 is 5.32 Å². The minimum absolute atomic E-state index is 0.551. The van der Waals surface area contributed by atoms with Gasteiger partial charge in [-0.3, -0.25) is 0 Å². The fourth-order valence-electron chi connectivity index (χ4n) is 2.65. The van der Waals surface area contributed by atoms with E-state index >= 15 is 0 Å². The van der Waals surface area contributed by atoms with Gasteiger partial charge in [0.2, 0.25) is 0 Å². The summed E-state index contributed by atoms with van der Waals surface area (Å²) < 4.78 is 1.88. The molecule has 100 valence electrons. The van der Waals surface area contributed by atoms with E-state index < -0.39 is 0 Å². The Morgan fingerprint density at radius 3 is 2.63 bits per heavy atom. The molecule has 3 nitrogen and oxygen atoms in total. The van der Waals surface area contributed by atoms with Crippen molar-refractivity contribution in [1.29, 1.82) is 0 Å². The number of rotatable bonds is 5. The van der Waals surface area contributed by atoms with Crippen LogP contribution in [-0.4, -0.2) is 16.3 Å². The highest BCUT2D eigenvalue weighted by Gasteiger charge is 2.30. The molecule has 1 aliphatic carbocycles. The standard InChI is InChI=1S/C16H21N3/c1-16(8-2-9-16)13-17-12-14-4-6-15(7-5-14)19-11-3-10-18-19/h3-7,10-11,17H,2,8-9,12-13H2,1H3. The normalized spacial score (nSPS) is 17.1. The van der Waals surface area contributed by atoms with E-state index in [1.807, 2.05) is 16.9 Å². The summed E-state index contributed by atoms with van der Waals surface area (Å²) >= 11 is 0. The summed E-state index contributed by atoms with van der Waals surface area (Å²) in [6, 6.07) is 10.5.